The third-order valence-electron chi connectivity index (χ3n) is 2.98. The molecule has 0 fully saturated rings. The molecule has 0 aliphatic heterocycles. The van der Waals surface area contributed by atoms with Gasteiger partial charge in [0.05, 0.1) is 36.5 Å². The summed E-state index contributed by atoms with van der Waals surface area (Å²) in [6, 6.07) is 4.11. The smallest absolute Gasteiger partial charge is 0.339 e. The van der Waals surface area contributed by atoms with Crippen LogP contribution in [0.4, 0.5) is 0 Å². The average molecular weight is 322 g/mol. The zero-order valence-corrected chi connectivity index (χ0v) is 13.7. The van der Waals surface area contributed by atoms with Crippen LogP contribution in [0.5, 0.6) is 0 Å². The summed E-state index contributed by atoms with van der Waals surface area (Å²) in [5.41, 5.74) is 0.256. The molecule has 0 atom stereocenters. The van der Waals surface area contributed by atoms with Crippen LogP contribution >= 0.6 is 0 Å². The van der Waals surface area contributed by atoms with Crippen molar-refractivity contribution in [1.29, 1.82) is 0 Å². The second-order valence-corrected chi connectivity index (χ2v) is 4.69. The molecular weight excluding hydrogens is 300 g/mol. The van der Waals surface area contributed by atoms with Crippen LogP contribution < -0.4 is 0 Å². The SMILES string of the molecule is CCCCOC(=O)c1ccc(C(=O)OCC)cc1C(=O)OCC. The molecule has 1 rings (SSSR count). The summed E-state index contributed by atoms with van der Waals surface area (Å²) in [6.45, 7) is 5.97. The van der Waals surface area contributed by atoms with Crippen LogP contribution in [-0.4, -0.2) is 37.7 Å². The van der Waals surface area contributed by atoms with Crippen LogP contribution in [0.3, 0.4) is 0 Å². The number of unbranched alkanes of at least 4 members (excludes halogenated alkanes) is 1. The first-order valence-corrected chi connectivity index (χ1v) is 7.70. The van der Waals surface area contributed by atoms with Crippen molar-refractivity contribution >= 4 is 17.9 Å². The van der Waals surface area contributed by atoms with E-state index in [1.807, 2.05) is 6.92 Å². The first kappa shape index (κ1) is 18.7. The monoisotopic (exact) mass is 322 g/mol. The minimum Gasteiger partial charge on any atom is -0.462 e. The van der Waals surface area contributed by atoms with Crippen molar-refractivity contribution in [3.05, 3.63) is 34.9 Å². The molecule has 6 nitrogen and oxygen atoms in total. The highest BCUT2D eigenvalue weighted by Gasteiger charge is 2.22. The van der Waals surface area contributed by atoms with E-state index < -0.39 is 17.9 Å². The summed E-state index contributed by atoms with van der Waals surface area (Å²) in [5, 5.41) is 0. The van der Waals surface area contributed by atoms with E-state index in [0.717, 1.165) is 12.8 Å². The molecular formula is C17H22O6. The Balaban J connectivity index is 3.10. The van der Waals surface area contributed by atoms with Crippen LogP contribution in [0.1, 0.15) is 64.7 Å². The highest BCUT2D eigenvalue weighted by molar-refractivity contribution is 6.05. The van der Waals surface area contributed by atoms with Crippen molar-refractivity contribution in [1.82, 2.24) is 0 Å². The van der Waals surface area contributed by atoms with Gasteiger partial charge >= 0.3 is 17.9 Å². The van der Waals surface area contributed by atoms with E-state index in [1.165, 1.54) is 18.2 Å². The van der Waals surface area contributed by atoms with Crippen LogP contribution in [-0.2, 0) is 14.2 Å². The molecule has 0 aliphatic carbocycles. The molecule has 0 aromatic heterocycles. The fourth-order valence-corrected chi connectivity index (χ4v) is 1.83. The van der Waals surface area contributed by atoms with Gasteiger partial charge in [-0.25, -0.2) is 14.4 Å². The minimum absolute atomic E-state index is 0.00102. The molecule has 0 N–H and O–H groups in total. The lowest BCUT2D eigenvalue weighted by molar-refractivity contribution is 0.0461. The minimum atomic E-state index is -0.680. The van der Waals surface area contributed by atoms with E-state index in [0.29, 0.717) is 0 Å². The van der Waals surface area contributed by atoms with Gasteiger partial charge in [0, 0.05) is 0 Å². The van der Waals surface area contributed by atoms with Gasteiger partial charge in [0.2, 0.25) is 0 Å². The second kappa shape index (κ2) is 9.61. The number of carbonyl (C=O) groups is 3. The zero-order chi connectivity index (χ0) is 17.2. The summed E-state index contributed by atoms with van der Waals surface area (Å²) >= 11 is 0. The fourth-order valence-electron chi connectivity index (χ4n) is 1.83. The van der Waals surface area contributed by atoms with Gasteiger partial charge in [-0.15, -0.1) is 0 Å². The number of ether oxygens (including phenoxy) is 3. The summed E-state index contributed by atoms with van der Waals surface area (Å²) in [7, 11) is 0. The molecule has 23 heavy (non-hydrogen) atoms. The van der Waals surface area contributed by atoms with Crippen molar-refractivity contribution in [3.8, 4) is 0 Å². The fraction of sp³-hybridized carbons (Fsp3) is 0.471. The first-order valence-electron chi connectivity index (χ1n) is 7.70. The van der Waals surface area contributed by atoms with E-state index >= 15 is 0 Å². The van der Waals surface area contributed by atoms with E-state index in [2.05, 4.69) is 0 Å². The van der Waals surface area contributed by atoms with Gasteiger partial charge in [-0.05, 0) is 38.5 Å². The Bertz CT molecular complexity index is 564. The molecule has 0 aliphatic rings. The quantitative estimate of drug-likeness (QED) is 0.416. The van der Waals surface area contributed by atoms with Gasteiger partial charge in [-0.1, -0.05) is 13.3 Å². The summed E-state index contributed by atoms with van der Waals surface area (Å²) in [5.74, 6) is -1.86. The van der Waals surface area contributed by atoms with Crippen molar-refractivity contribution in [3.63, 3.8) is 0 Å². The maximum absolute atomic E-state index is 12.1. The van der Waals surface area contributed by atoms with Gasteiger partial charge in [-0.2, -0.15) is 0 Å². The predicted octanol–water partition coefficient (Wildman–Crippen LogP) is 3.00. The molecule has 0 heterocycles. The van der Waals surface area contributed by atoms with E-state index in [9.17, 15) is 14.4 Å². The predicted molar refractivity (Wildman–Crippen MR) is 83.5 cm³/mol. The van der Waals surface area contributed by atoms with E-state index in [4.69, 9.17) is 14.2 Å². The lowest BCUT2D eigenvalue weighted by Gasteiger charge is -2.10. The number of hydrogen-bond donors (Lipinski definition) is 0. The lowest BCUT2D eigenvalue weighted by Crippen LogP contribution is -2.16. The maximum atomic E-state index is 12.1. The van der Waals surface area contributed by atoms with Crippen molar-refractivity contribution < 1.29 is 28.6 Å². The number of hydrogen-bond acceptors (Lipinski definition) is 6. The van der Waals surface area contributed by atoms with E-state index in [1.54, 1.807) is 13.8 Å². The summed E-state index contributed by atoms with van der Waals surface area (Å²) < 4.78 is 15.0. The molecule has 0 spiro atoms. The number of benzene rings is 1. The van der Waals surface area contributed by atoms with E-state index in [-0.39, 0.29) is 36.5 Å². The van der Waals surface area contributed by atoms with Crippen molar-refractivity contribution in [2.24, 2.45) is 0 Å². The second-order valence-electron chi connectivity index (χ2n) is 4.69. The van der Waals surface area contributed by atoms with Gasteiger partial charge in [0.25, 0.3) is 0 Å². The van der Waals surface area contributed by atoms with Crippen LogP contribution in [0.2, 0.25) is 0 Å². The zero-order valence-electron chi connectivity index (χ0n) is 13.7. The molecule has 0 unspecified atom stereocenters. The normalized spacial score (nSPS) is 10.0. The molecule has 0 amide bonds. The Hall–Kier alpha value is -2.37. The van der Waals surface area contributed by atoms with Gasteiger partial charge < -0.3 is 14.2 Å². The Morgan fingerprint density at radius 1 is 0.826 bits per heavy atom. The summed E-state index contributed by atoms with van der Waals surface area (Å²) in [6.07, 6.45) is 1.63. The molecule has 0 bridgehead atoms. The van der Waals surface area contributed by atoms with Crippen molar-refractivity contribution in [2.45, 2.75) is 33.6 Å². The topological polar surface area (TPSA) is 78.9 Å². The number of esters is 3. The maximum Gasteiger partial charge on any atom is 0.339 e. The Morgan fingerprint density at radius 3 is 2.04 bits per heavy atom. The van der Waals surface area contributed by atoms with Crippen molar-refractivity contribution in [2.75, 3.05) is 19.8 Å². The lowest BCUT2D eigenvalue weighted by atomic mass is 10.0. The van der Waals surface area contributed by atoms with Crippen LogP contribution in [0.25, 0.3) is 0 Å². The Morgan fingerprint density at radius 2 is 1.43 bits per heavy atom. The molecule has 126 valence electrons. The average Bonchev–Trinajstić information content (AvgIpc) is 2.54. The number of carbonyl (C=O) groups excluding carboxylic acids is 3. The Kier molecular flexibility index (Phi) is 7.80. The first-order chi connectivity index (χ1) is 11.0. The van der Waals surface area contributed by atoms with Crippen LogP contribution in [0.15, 0.2) is 18.2 Å². The van der Waals surface area contributed by atoms with Gasteiger partial charge in [-0.3, -0.25) is 0 Å². The number of rotatable bonds is 8. The van der Waals surface area contributed by atoms with Crippen LogP contribution in [0, 0.1) is 0 Å². The molecule has 1 aromatic carbocycles. The van der Waals surface area contributed by atoms with Gasteiger partial charge in [0.1, 0.15) is 0 Å². The Labute approximate surface area is 135 Å². The molecule has 0 saturated heterocycles. The molecule has 0 radical (unpaired) electrons. The summed E-state index contributed by atoms with van der Waals surface area (Å²) in [4.78, 5) is 35.9. The standard InChI is InChI=1S/C17H22O6/c1-4-7-10-23-16(19)13-9-8-12(15(18)21-5-2)11-14(13)17(20)22-6-3/h8-9,11H,4-7,10H2,1-3H3. The third-order valence-corrected chi connectivity index (χ3v) is 2.98. The third kappa shape index (κ3) is 5.39. The highest BCUT2D eigenvalue weighted by Crippen LogP contribution is 2.16. The molecule has 0 saturated carbocycles. The molecule has 6 heteroatoms. The largest absolute Gasteiger partial charge is 0.462 e. The molecule has 1 aromatic rings. The highest BCUT2D eigenvalue weighted by atomic mass is 16.5. The van der Waals surface area contributed by atoms with Gasteiger partial charge in [0.15, 0.2) is 0 Å².